The van der Waals surface area contributed by atoms with Crippen LogP contribution in [0.3, 0.4) is 0 Å². The van der Waals surface area contributed by atoms with Gasteiger partial charge in [0, 0.05) is 36.3 Å². The van der Waals surface area contributed by atoms with E-state index in [1.165, 1.54) is 51.1 Å². The lowest BCUT2D eigenvalue weighted by Gasteiger charge is -2.33. The second kappa shape index (κ2) is 4.74. The van der Waals surface area contributed by atoms with Gasteiger partial charge in [0.1, 0.15) is 0 Å². The fourth-order valence-corrected chi connectivity index (χ4v) is 4.69. The molecule has 3 fully saturated rings. The molecule has 1 aromatic heterocycles. The Labute approximate surface area is 123 Å². The fourth-order valence-electron chi connectivity index (χ4n) is 4.34. The first-order valence-electron chi connectivity index (χ1n) is 7.41. The van der Waals surface area contributed by atoms with E-state index in [1.54, 1.807) is 0 Å². The molecular formula is C15H20BrN3. The Morgan fingerprint density at radius 3 is 3.00 bits per heavy atom. The lowest BCUT2D eigenvalue weighted by atomic mass is 9.90. The number of nitrogens with zero attached hydrogens (tertiary/aromatic N) is 3. The first-order valence-corrected chi connectivity index (χ1v) is 8.20. The van der Waals surface area contributed by atoms with E-state index in [0.717, 1.165) is 22.4 Å². The smallest absolute Gasteiger partial charge is 0.0564 e. The summed E-state index contributed by atoms with van der Waals surface area (Å²) in [5.74, 6) is 1.77. The van der Waals surface area contributed by atoms with Crippen molar-refractivity contribution in [2.24, 2.45) is 11.8 Å². The highest BCUT2D eigenvalue weighted by atomic mass is 79.9. The van der Waals surface area contributed by atoms with E-state index in [2.05, 4.69) is 36.8 Å². The van der Waals surface area contributed by atoms with Gasteiger partial charge in [0.2, 0.25) is 0 Å². The number of anilines is 1. The molecule has 102 valence electrons. The van der Waals surface area contributed by atoms with Gasteiger partial charge in [-0.3, -0.25) is 9.88 Å². The van der Waals surface area contributed by atoms with Gasteiger partial charge < -0.3 is 4.90 Å². The molecule has 4 heteroatoms. The molecule has 3 aliphatic rings. The molecule has 3 aliphatic heterocycles. The zero-order valence-electron chi connectivity index (χ0n) is 11.1. The molecule has 3 saturated heterocycles. The van der Waals surface area contributed by atoms with Crippen molar-refractivity contribution in [2.75, 3.05) is 31.1 Å². The minimum atomic E-state index is 0.865. The summed E-state index contributed by atoms with van der Waals surface area (Å²) < 4.78 is 1.08. The van der Waals surface area contributed by atoms with Crippen molar-refractivity contribution in [1.29, 1.82) is 0 Å². The lowest BCUT2D eigenvalue weighted by Crippen LogP contribution is -2.39. The highest BCUT2D eigenvalue weighted by molar-refractivity contribution is 9.10. The zero-order valence-corrected chi connectivity index (χ0v) is 12.7. The van der Waals surface area contributed by atoms with Gasteiger partial charge in [0.15, 0.2) is 0 Å². The van der Waals surface area contributed by atoms with E-state index in [9.17, 15) is 0 Å². The molecule has 0 aliphatic carbocycles. The van der Waals surface area contributed by atoms with Crippen molar-refractivity contribution in [3.05, 3.63) is 22.9 Å². The second-order valence-corrected chi connectivity index (χ2v) is 7.16. The van der Waals surface area contributed by atoms with Gasteiger partial charge in [0.05, 0.1) is 11.9 Å². The summed E-state index contributed by atoms with van der Waals surface area (Å²) in [6.07, 6.45) is 8.14. The molecule has 0 bridgehead atoms. The van der Waals surface area contributed by atoms with E-state index in [1.807, 2.05) is 12.4 Å². The van der Waals surface area contributed by atoms with Crippen LogP contribution in [0, 0.1) is 11.8 Å². The summed E-state index contributed by atoms with van der Waals surface area (Å²) in [5.41, 5.74) is 1.28. The molecule has 0 spiro atoms. The Balaban J connectivity index is 1.52. The average molecular weight is 322 g/mol. The van der Waals surface area contributed by atoms with Crippen LogP contribution in [0.2, 0.25) is 0 Å². The Hall–Kier alpha value is -0.610. The number of piperidine rings is 1. The van der Waals surface area contributed by atoms with Crippen LogP contribution < -0.4 is 4.90 Å². The molecule has 1 aromatic rings. The fraction of sp³-hybridized carbons (Fsp3) is 0.667. The predicted octanol–water partition coefficient (Wildman–Crippen LogP) is 2.76. The Kier molecular flexibility index (Phi) is 3.03. The van der Waals surface area contributed by atoms with Crippen LogP contribution in [0.15, 0.2) is 22.9 Å². The summed E-state index contributed by atoms with van der Waals surface area (Å²) in [5, 5.41) is 0. The molecule has 0 saturated carbocycles. The first kappa shape index (κ1) is 12.2. The first-order chi connectivity index (χ1) is 9.31. The molecule has 19 heavy (non-hydrogen) atoms. The van der Waals surface area contributed by atoms with E-state index in [4.69, 9.17) is 0 Å². The number of aromatic nitrogens is 1. The molecule has 3 atom stereocenters. The molecule has 4 rings (SSSR count). The minimum Gasteiger partial charge on any atom is -0.370 e. The Bertz CT molecular complexity index is 478. The van der Waals surface area contributed by atoms with Crippen LogP contribution >= 0.6 is 15.9 Å². The minimum absolute atomic E-state index is 0.865. The van der Waals surface area contributed by atoms with E-state index in [0.29, 0.717) is 0 Å². The summed E-state index contributed by atoms with van der Waals surface area (Å²) in [6.45, 7) is 5.11. The van der Waals surface area contributed by atoms with Gasteiger partial charge >= 0.3 is 0 Å². The van der Waals surface area contributed by atoms with Crippen LogP contribution in [0.5, 0.6) is 0 Å². The molecule has 4 heterocycles. The van der Waals surface area contributed by atoms with Crippen molar-refractivity contribution >= 4 is 21.6 Å². The van der Waals surface area contributed by atoms with Crippen LogP contribution in [-0.4, -0.2) is 42.1 Å². The van der Waals surface area contributed by atoms with Crippen molar-refractivity contribution in [2.45, 2.75) is 25.3 Å². The van der Waals surface area contributed by atoms with Gasteiger partial charge in [-0.15, -0.1) is 0 Å². The standard InChI is InChI=1S/C15H20BrN3/c16-12-5-13(7-17-6-12)19-9-11-8-18-4-2-1-3-15(18)14(11)10-19/h5-7,11,14-15H,1-4,8-10H2/t11-,14+,15+/m0/s1. The van der Waals surface area contributed by atoms with Crippen LogP contribution in [0.4, 0.5) is 5.69 Å². The molecule has 0 radical (unpaired) electrons. The third-order valence-corrected chi connectivity index (χ3v) is 5.61. The molecule has 0 aromatic carbocycles. The molecule has 0 N–H and O–H groups in total. The summed E-state index contributed by atoms with van der Waals surface area (Å²) in [6, 6.07) is 3.07. The van der Waals surface area contributed by atoms with Gasteiger partial charge in [-0.05, 0) is 53.2 Å². The summed E-state index contributed by atoms with van der Waals surface area (Å²) >= 11 is 3.53. The molecule has 3 nitrogen and oxygen atoms in total. The van der Waals surface area contributed by atoms with E-state index in [-0.39, 0.29) is 0 Å². The largest absolute Gasteiger partial charge is 0.370 e. The highest BCUT2D eigenvalue weighted by Crippen LogP contribution is 2.41. The maximum atomic E-state index is 4.31. The van der Waals surface area contributed by atoms with Crippen LogP contribution in [0.1, 0.15) is 19.3 Å². The maximum Gasteiger partial charge on any atom is 0.0564 e. The van der Waals surface area contributed by atoms with E-state index < -0.39 is 0 Å². The van der Waals surface area contributed by atoms with Crippen molar-refractivity contribution in [3.8, 4) is 0 Å². The topological polar surface area (TPSA) is 19.4 Å². The average Bonchev–Trinajstić information content (AvgIpc) is 2.96. The SMILES string of the molecule is Brc1cncc(N2C[C@@H]3CN4CCCC[C@@H]4[C@@H]3C2)c1. The molecule has 0 unspecified atom stereocenters. The van der Waals surface area contributed by atoms with Crippen LogP contribution in [0.25, 0.3) is 0 Å². The summed E-state index contributed by atoms with van der Waals surface area (Å²) in [7, 11) is 0. The normalized spacial score (nSPS) is 34.4. The Morgan fingerprint density at radius 2 is 2.11 bits per heavy atom. The third-order valence-electron chi connectivity index (χ3n) is 5.17. The number of hydrogen-bond acceptors (Lipinski definition) is 3. The Morgan fingerprint density at radius 1 is 1.16 bits per heavy atom. The van der Waals surface area contributed by atoms with Crippen molar-refractivity contribution in [3.63, 3.8) is 0 Å². The number of halogens is 1. The maximum absolute atomic E-state index is 4.31. The predicted molar refractivity (Wildman–Crippen MR) is 80.3 cm³/mol. The van der Waals surface area contributed by atoms with Gasteiger partial charge in [0.25, 0.3) is 0 Å². The lowest BCUT2D eigenvalue weighted by molar-refractivity contribution is 0.173. The summed E-state index contributed by atoms with van der Waals surface area (Å²) in [4.78, 5) is 9.61. The quantitative estimate of drug-likeness (QED) is 0.793. The third kappa shape index (κ3) is 2.09. The number of rotatable bonds is 1. The second-order valence-electron chi connectivity index (χ2n) is 6.25. The van der Waals surface area contributed by atoms with Gasteiger partial charge in [-0.1, -0.05) is 6.42 Å². The van der Waals surface area contributed by atoms with Crippen LogP contribution in [-0.2, 0) is 0 Å². The molecule has 0 amide bonds. The number of hydrogen-bond donors (Lipinski definition) is 0. The van der Waals surface area contributed by atoms with Gasteiger partial charge in [-0.2, -0.15) is 0 Å². The van der Waals surface area contributed by atoms with Gasteiger partial charge in [-0.25, -0.2) is 0 Å². The zero-order chi connectivity index (χ0) is 12.8. The monoisotopic (exact) mass is 321 g/mol. The number of pyridine rings is 1. The van der Waals surface area contributed by atoms with Crippen molar-refractivity contribution in [1.82, 2.24) is 9.88 Å². The highest BCUT2D eigenvalue weighted by Gasteiger charge is 2.47. The van der Waals surface area contributed by atoms with E-state index >= 15 is 0 Å². The number of fused-ring (bicyclic) bond motifs is 3. The van der Waals surface area contributed by atoms with Crippen molar-refractivity contribution < 1.29 is 0 Å². The molecular weight excluding hydrogens is 302 g/mol.